The van der Waals surface area contributed by atoms with Crippen LogP contribution in [0.1, 0.15) is 16.4 Å². The van der Waals surface area contributed by atoms with Gasteiger partial charge < -0.3 is 5.73 Å². The summed E-state index contributed by atoms with van der Waals surface area (Å²) in [6.07, 6.45) is 2.03. The third-order valence-corrected chi connectivity index (χ3v) is 4.37. The maximum atomic E-state index is 13.0. The molecule has 3 rings (SSSR count). The zero-order valence-corrected chi connectivity index (χ0v) is 12.5. The van der Waals surface area contributed by atoms with Crippen molar-refractivity contribution in [1.29, 1.82) is 0 Å². The fourth-order valence-electron chi connectivity index (χ4n) is 2.09. The monoisotopic (exact) mass is 318 g/mol. The zero-order valence-electron chi connectivity index (χ0n) is 11.0. The van der Waals surface area contributed by atoms with Crippen LogP contribution in [0, 0.1) is 5.82 Å². The van der Waals surface area contributed by atoms with Gasteiger partial charge in [0.15, 0.2) is 5.17 Å². The van der Waals surface area contributed by atoms with Gasteiger partial charge in [-0.15, -0.1) is 0 Å². The first-order valence-corrected chi connectivity index (χ1v) is 7.61. The smallest absolute Gasteiger partial charge is 0.160 e. The molecule has 0 bridgehead atoms. The number of halogens is 2. The van der Waals surface area contributed by atoms with Gasteiger partial charge in [0, 0.05) is 10.6 Å². The molecular formula is C16H12ClFN2S. The lowest BCUT2D eigenvalue weighted by Crippen LogP contribution is -2.12. The number of hydrogen-bond acceptors (Lipinski definition) is 3. The molecule has 0 spiro atoms. The van der Waals surface area contributed by atoms with Crippen molar-refractivity contribution in [2.75, 3.05) is 0 Å². The normalized spacial score (nSPS) is 18.1. The molecule has 0 aliphatic carbocycles. The Morgan fingerprint density at radius 1 is 1.05 bits per heavy atom. The molecule has 2 nitrogen and oxygen atoms in total. The molecule has 106 valence electrons. The third-order valence-electron chi connectivity index (χ3n) is 3.13. The molecule has 2 aromatic rings. The van der Waals surface area contributed by atoms with Gasteiger partial charge in [-0.3, -0.25) is 0 Å². The highest BCUT2D eigenvalue weighted by Crippen LogP contribution is 2.37. The number of hydrogen-bond donors (Lipinski definition) is 1. The summed E-state index contributed by atoms with van der Waals surface area (Å²) in [4.78, 5) is 4.38. The Hall–Kier alpha value is -1.78. The van der Waals surface area contributed by atoms with Crippen molar-refractivity contribution >= 4 is 34.2 Å². The molecule has 21 heavy (non-hydrogen) atoms. The minimum atomic E-state index is -0.247. The second-order valence-corrected chi connectivity index (χ2v) is 6.20. The van der Waals surface area contributed by atoms with Crippen LogP contribution in [0.2, 0.25) is 5.02 Å². The van der Waals surface area contributed by atoms with Crippen molar-refractivity contribution in [3.05, 3.63) is 76.6 Å². The Kier molecular flexibility index (Phi) is 3.99. The van der Waals surface area contributed by atoms with E-state index in [1.165, 1.54) is 23.9 Å². The molecule has 5 heteroatoms. The number of rotatable bonds is 2. The first kappa shape index (κ1) is 14.2. The Labute approximate surface area is 131 Å². The van der Waals surface area contributed by atoms with Gasteiger partial charge in [-0.05, 0) is 35.9 Å². The van der Waals surface area contributed by atoms with E-state index in [1.807, 2.05) is 30.3 Å². The van der Waals surface area contributed by atoms with Gasteiger partial charge in [-0.25, -0.2) is 9.38 Å². The molecule has 1 aliphatic rings. The number of thioether (sulfide) groups is 1. The molecule has 0 aromatic heterocycles. The van der Waals surface area contributed by atoms with Gasteiger partial charge in [0.1, 0.15) is 5.82 Å². The summed E-state index contributed by atoms with van der Waals surface area (Å²) in [7, 11) is 0. The lowest BCUT2D eigenvalue weighted by molar-refractivity contribution is 0.627. The number of amidine groups is 1. The van der Waals surface area contributed by atoms with Crippen molar-refractivity contribution in [1.82, 2.24) is 0 Å². The molecule has 1 aliphatic heterocycles. The summed E-state index contributed by atoms with van der Waals surface area (Å²) in [6, 6.07) is 13.9. The molecule has 0 radical (unpaired) electrons. The number of nitrogens with zero attached hydrogens (tertiary/aromatic N) is 1. The summed E-state index contributed by atoms with van der Waals surface area (Å²) >= 11 is 7.35. The molecule has 0 unspecified atom stereocenters. The quantitative estimate of drug-likeness (QED) is 0.877. The van der Waals surface area contributed by atoms with Crippen LogP contribution in [0.3, 0.4) is 0 Å². The summed E-state index contributed by atoms with van der Waals surface area (Å²) in [5, 5.41) is 1.20. The maximum absolute atomic E-state index is 13.0. The van der Waals surface area contributed by atoms with Crippen LogP contribution in [0.25, 0.3) is 5.70 Å². The summed E-state index contributed by atoms with van der Waals surface area (Å²) in [5.74, 6) is -0.247. The Morgan fingerprint density at radius 2 is 1.71 bits per heavy atom. The fourth-order valence-corrected chi connectivity index (χ4v) is 3.12. The fraction of sp³-hybridized carbons (Fsp3) is 0.0625. The number of aliphatic imine (C=N–C) groups is 1. The van der Waals surface area contributed by atoms with Crippen LogP contribution < -0.4 is 5.73 Å². The average molecular weight is 319 g/mol. The highest BCUT2D eigenvalue weighted by atomic mass is 35.5. The van der Waals surface area contributed by atoms with Crippen LogP contribution in [0.15, 0.2) is 59.6 Å². The predicted octanol–water partition coefficient (Wildman–Crippen LogP) is 4.62. The molecule has 1 atom stereocenters. The minimum Gasteiger partial charge on any atom is -0.378 e. The second-order valence-electron chi connectivity index (χ2n) is 4.60. The molecule has 0 fully saturated rings. The van der Waals surface area contributed by atoms with E-state index in [0.29, 0.717) is 10.2 Å². The van der Waals surface area contributed by atoms with Gasteiger partial charge in [0.2, 0.25) is 0 Å². The van der Waals surface area contributed by atoms with E-state index in [4.69, 9.17) is 17.3 Å². The van der Waals surface area contributed by atoms with E-state index < -0.39 is 0 Å². The molecule has 1 heterocycles. The molecule has 2 aromatic carbocycles. The standard InChI is InChI=1S/C16H12ClFN2S/c17-12-5-1-10(2-6-12)14-9-15(21-16(19)20-14)11-3-7-13(18)8-4-11/h1-9,15H,(H2,19,20)/t15-/m0/s1. The van der Waals surface area contributed by atoms with Crippen molar-refractivity contribution in [2.45, 2.75) is 5.25 Å². The van der Waals surface area contributed by atoms with Crippen molar-refractivity contribution < 1.29 is 4.39 Å². The van der Waals surface area contributed by atoms with Crippen molar-refractivity contribution in [3.63, 3.8) is 0 Å². The molecule has 0 saturated carbocycles. The first-order valence-electron chi connectivity index (χ1n) is 6.36. The molecular weight excluding hydrogens is 307 g/mol. The van der Waals surface area contributed by atoms with E-state index in [-0.39, 0.29) is 11.1 Å². The average Bonchev–Trinajstić information content (AvgIpc) is 2.48. The molecule has 0 saturated heterocycles. The van der Waals surface area contributed by atoms with Gasteiger partial charge >= 0.3 is 0 Å². The maximum Gasteiger partial charge on any atom is 0.160 e. The summed E-state index contributed by atoms with van der Waals surface area (Å²) < 4.78 is 13.0. The van der Waals surface area contributed by atoms with E-state index in [9.17, 15) is 4.39 Å². The lowest BCUT2D eigenvalue weighted by atomic mass is 10.1. The summed E-state index contributed by atoms with van der Waals surface area (Å²) in [6.45, 7) is 0. The molecule has 0 amide bonds. The third kappa shape index (κ3) is 3.28. The molecule has 2 N–H and O–H groups in total. The van der Waals surface area contributed by atoms with E-state index in [0.717, 1.165) is 16.8 Å². The van der Waals surface area contributed by atoms with Crippen LogP contribution in [-0.4, -0.2) is 5.17 Å². The van der Waals surface area contributed by atoms with E-state index in [2.05, 4.69) is 4.99 Å². The zero-order chi connectivity index (χ0) is 14.8. The first-order chi connectivity index (χ1) is 10.1. The summed E-state index contributed by atoms with van der Waals surface area (Å²) in [5.41, 5.74) is 8.67. The Balaban J connectivity index is 1.95. The van der Waals surface area contributed by atoms with E-state index in [1.54, 1.807) is 12.1 Å². The largest absolute Gasteiger partial charge is 0.378 e. The SMILES string of the molecule is NC1=NC(c2ccc(Cl)cc2)=C[C@@H](c2ccc(F)cc2)S1. The number of benzene rings is 2. The van der Waals surface area contributed by atoms with Gasteiger partial charge in [0.25, 0.3) is 0 Å². The highest BCUT2D eigenvalue weighted by Gasteiger charge is 2.18. The minimum absolute atomic E-state index is 0.0220. The van der Waals surface area contributed by atoms with Gasteiger partial charge in [0.05, 0.1) is 10.9 Å². The number of nitrogens with two attached hydrogens (primary N) is 1. The van der Waals surface area contributed by atoms with Crippen LogP contribution in [0.4, 0.5) is 4.39 Å². The Bertz CT molecular complexity index is 708. The second kappa shape index (κ2) is 5.92. The Morgan fingerprint density at radius 3 is 2.38 bits per heavy atom. The highest BCUT2D eigenvalue weighted by molar-refractivity contribution is 8.14. The van der Waals surface area contributed by atoms with Crippen LogP contribution in [0.5, 0.6) is 0 Å². The predicted molar refractivity (Wildman–Crippen MR) is 87.8 cm³/mol. The van der Waals surface area contributed by atoms with Crippen LogP contribution in [-0.2, 0) is 0 Å². The van der Waals surface area contributed by atoms with Crippen molar-refractivity contribution in [2.24, 2.45) is 10.7 Å². The van der Waals surface area contributed by atoms with E-state index >= 15 is 0 Å². The lowest BCUT2D eigenvalue weighted by Gasteiger charge is -2.19. The topological polar surface area (TPSA) is 38.4 Å². The van der Waals surface area contributed by atoms with Gasteiger partial charge in [-0.1, -0.05) is 47.6 Å². The van der Waals surface area contributed by atoms with Gasteiger partial charge in [-0.2, -0.15) is 0 Å². The van der Waals surface area contributed by atoms with Crippen LogP contribution >= 0.6 is 23.4 Å². The van der Waals surface area contributed by atoms with Crippen molar-refractivity contribution in [3.8, 4) is 0 Å².